The number of hydrogen-bond acceptors (Lipinski definition) is 5. The van der Waals surface area contributed by atoms with E-state index in [0.29, 0.717) is 41.8 Å². The number of aryl methyl sites for hydroxylation is 1. The van der Waals surface area contributed by atoms with Crippen molar-refractivity contribution < 1.29 is 4.74 Å². The average Bonchev–Trinajstić information content (AvgIpc) is 3.36. The number of ether oxygens (including phenoxy) is 1. The third-order valence-corrected chi connectivity index (χ3v) is 5.84. The molecular weight excluding hydrogens is 418 g/mol. The van der Waals surface area contributed by atoms with Gasteiger partial charge in [-0.05, 0) is 42.0 Å². The lowest BCUT2D eigenvalue weighted by atomic mass is 10.2. The molecule has 4 aromatic rings. The van der Waals surface area contributed by atoms with Crippen LogP contribution in [0.25, 0.3) is 11.2 Å². The molecule has 158 valence electrons. The van der Waals surface area contributed by atoms with E-state index < -0.39 is 0 Å². The highest BCUT2D eigenvalue weighted by atomic mass is 35.5. The highest BCUT2D eigenvalue weighted by molar-refractivity contribution is 6.30. The van der Waals surface area contributed by atoms with E-state index in [2.05, 4.69) is 4.98 Å². The second-order valence-electron chi connectivity index (χ2n) is 7.50. The fourth-order valence-corrected chi connectivity index (χ4v) is 3.99. The molecule has 0 spiro atoms. The molecule has 0 bridgehead atoms. The quantitative estimate of drug-likeness (QED) is 0.491. The van der Waals surface area contributed by atoms with Gasteiger partial charge in [-0.1, -0.05) is 23.7 Å². The standard InChI is InChI=1S/C22H20ClN5O3/c1-25-19-18(20(29)26(2)22(25)30)28-12-11-27(21(28)24-19)16-7-9-17(10-8-16)31-13-14-3-5-15(23)6-4-14/h3-10H,11-13H2,1-2H3. The number of aromatic nitrogens is 4. The second kappa shape index (κ2) is 7.31. The third-order valence-electron chi connectivity index (χ3n) is 5.58. The minimum Gasteiger partial charge on any atom is -0.489 e. The molecule has 0 fully saturated rings. The lowest BCUT2D eigenvalue weighted by molar-refractivity contribution is 0.306. The fourth-order valence-electron chi connectivity index (χ4n) is 3.87. The van der Waals surface area contributed by atoms with Crippen LogP contribution in [0.3, 0.4) is 0 Å². The maximum Gasteiger partial charge on any atom is 0.332 e. The molecule has 5 rings (SSSR count). The van der Waals surface area contributed by atoms with E-state index in [-0.39, 0.29) is 11.2 Å². The third kappa shape index (κ3) is 3.19. The van der Waals surface area contributed by atoms with Crippen molar-refractivity contribution >= 4 is 34.4 Å². The van der Waals surface area contributed by atoms with Gasteiger partial charge in [0.25, 0.3) is 5.56 Å². The van der Waals surface area contributed by atoms with Gasteiger partial charge >= 0.3 is 5.69 Å². The van der Waals surface area contributed by atoms with Gasteiger partial charge in [-0.2, -0.15) is 4.98 Å². The number of hydrogen-bond donors (Lipinski definition) is 0. The van der Waals surface area contributed by atoms with Crippen LogP contribution in [-0.4, -0.2) is 25.2 Å². The Morgan fingerprint density at radius 3 is 2.39 bits per heavy atom. The van der Waals surface area contributed by atoms with Gasteiger partial charge in [0.1, 0.15) is 12.4 Å². The van der Waals surface area contributed by atoms with Crippen molar-refractivity contribution in [1.29, 1.82) is 0 Å². The van der Waals surface area contributed by atoms with Gasteiger partial charge < -0.3 is 14.2 Å². The van der Waals surface area contributed by atoms with Gasteiger partial charge in [0.05, 0.1) is 0 Å². The molecule has 0 atom stereocenters. The molecule has 31 heavy (non-hydrogen) atoms. The molecule has 0 aliphatic carbocycles. The molecule has 0 unspecified atom stereocenters. The van der Waals surface area contributed by atoms with Gasteiger partial charge in [-0.3, -0.25) is 13.9 Å². The maximum absolute atomic E-state index is 12.7. The normalized spacial score (nSPS) is 13.1. The molecule has 2 aromatic heterocycles. The Kier molecular flexibility index (Phi) is 4.59. The molecule has 0 saturated carbocycles. The van der Waals surface area contributed by atoms with Gasteiger partial charge in [0.15, 0.2) is 11.2 Å². The van der Waals surface area contributed by atoms with Crippen molar-refractivity contribution in [1.82, 2.24) is 18.7 Å². The molecule has 0 radical (unpaired) electrons. The molecule has 1 aliphatic rings. The summed E-state index contributed by atoms with van der Waals surface area (Å²) < 4.78 is 10.3. The summed E-state index contributed by atoms with van der Waals surface area (Å²) in [6.07, 6.45) is 0. The van der Waals surface area contributed by atoms with Crippen molar-refractivity contribution in [2.75, 3.05) is 11.4 Å². The molecule has 9 heteroatoms. The van der Waals surface area contributed by atoms with E-state index >= 15 is 0 Å². The van der Waals surface area contributed by atoms with Crippen LogP contribution in [0, 0.1) is 0 Å². The zero-order valence-corrected chi connectivity index (χ0v) is 17.8. The Hall–Kier alpha value is -3.52. The monoisotopic (exact) mass is 437 g/mol. The molecule has 0 amide bonds. The van der Waals surface area contributed by atoms with Crippen LogP contribution in [0.15, 0.2) is 58.1 Å². The van der Waals surface area contributed by atoms with E-state index in [1.54, 1.807) is 7.05 Å². The number of halogens is 1. The minimum atomic E-state index is -0.386. The fraction of sp³-hybridized carbons (Fsp3) is 0.227. The van der Waals surface area contributed by atoms with E-state index in [1.807, 2.05) is 58.0 Å². The Morgan fingerprint density at radius 1 is 0.968 bits per heavy atom. The van der Waals surface area contributed by atoms with Crippen LogP contribution in [0.2, 0.25) is 5.02 Å². The van der Waals surface area contributed by atoms with Crippen molar-refractivity contribution in [2.45, 2.75) is 13.2 Å². The predicted molar refractivity (Wildman–Crippen MR) is 119 cm³/mol. The van der Waals surface area contributed by atoms with Crippen LogP contribution in [0.4, 0.5) is 11.6 Å². The summed E-state index contributed by atoms with van der Waals surface area (Å²) >= 11 is 5.92. The highest BCUT2D eigenvalue weighted by Gasteiger charge is 2.28. The molecule has 2 aromatic carbocycles. The number of benzene rings is 2. The molecule has 0 N–H and O–H groups in total. The Balaban J connectivity index is 1.42. The van der Waals surface area contributed by atoms with Crippen LogP contribution >= 0.6 is 11.6 Å². The molecule has 0 saturated heterocycles. The zero-order chi connectivity index (χ0) is 21.7. The van der Waals surface area contributed by atoms with E-state index in [9.17, 15) is 9.59 Å². The molecule has 3 heterocycles. The summed E-state index contributed by atoms with van der Waals surface area (Å²) in [5.41, 5.74) is 2.11. The topological polar surface area (TPSA) is 74.3 Å². The number of rotatable bonds is 4. The first-order chi connectivity index (χ1) is 14.9. The average molecular weight is 438 g/mol. The van der Waals surface area contributed by atoms with Crippen LogP contribution in [-0.2, 0) is 27.2 Å². The number of imidazole rings is 1. The summed E-state index contributed by atoms with van der Waals surface area (Å²) in [6.45, 7) is 1.76. The van der Waals surface area contributed by atoms with E-state index in [0.717, 1.165) is 21.6 Å². The molecule has 1 aliphatic heterocycles. The van der Waals surface area contributed by atoms with Crippen LogP contribution in [0.1, 0.15) is 5.56 Å². The van der Waals surface area contributed by atoms with Crippen molar-refractivity contribution in [3.8, 4) is 5.75 Å². The van der Waals surface area contributed by atoms with Gasteiger partial charge in [-0.15, -0.1) is 0 Å². The largest absolute Gasteiger partial charge is 0.489 e. The summed E-state index contributed by atoms with van der Waals surface area (Å²) in [6, 6.07) is 15.3. The predicted octanol–water partition coefficient (Wildman–Crippen LogP) is 2.82. The Morgan fingerprint density at radius 2 is 1.68 bits per heavy atom. The number of fused-ring (bicyclic) bond motifs is 3. The summed E-state index contributed by atoms with van der Waals surface area (Å²) in [7, 11) is 3.11. The maximum atomic E-state index is 12.7. The minimum absolute atomic E-state index is 0.329. The van der Waals surface area contributed by atoms with Gasteiger partial charge in [0.2, 0.25) is 5.95 Å². The highest BCUT2D eigenvalue weighted by Crippen LogP contribution is 2.32. The van der Waals surface area contributed by atoms with E-state index in [4.69, 9.17) is 16.3 Å². The first kappa shape index (κ1) is 19.4. The van der Waals surface area contributed by atoms with E-state index in [1.165, 1.54) is 11.6 Å². The summed E-state index contributed by atoms with van der Waals surface area (Å²) in [5, 5.41) is 0.697. The van der Waals surface area contributed by atoms with Crippen LogP contribution < -0.4 is 20.9 Å². The SMILES string of the molecule is Cn1c(=O)c2c(nc3n2CCN3c2ccc(OCc3ccc(Cl)cc3)cc2)n(C)c1=O. The number of nitrogens with zero attached hydrogens (tertiary/aromatic N) is 5. The van der Waals surface area contributed by atoms with Crippen molar-refractivity contribution in [3.05, 3.63) is 80.0 Å². The molecular formula is C22H20ClN5O3. The van der Waals surface area contributed by atoms with Crippen LogP contribution in [0.5, 0.6) is 5.75 Å². The molecule has 8 nitrogen and oxygen atoms in total. The van der Waals surface area contributed by atoms with Crippen molar-refractivity contribution in [2.24, 2.45) is 14.1 Å². The Labute approximate surface area is 182 Å². The number of anilines is 2. The van der Waals surface area contributed by atoms with Gasteiger partial charge in [-0.25, -0.2) is 4.79 Å². The lowest BCUT2D eigenvalue weighted by Gasteiger charge is -2.16. The van der Waals surface area contributed by atoms with Crippen molar-refractivity contribution in [3.63, 3.8) is 0 Å². The summed E-state index contributed by atoms with van der Waals surface area (Å²) in [4.78, 5) is 31.6. The lowest BCUT2D eigenvalue weighted by Crippen LogP contribution is -2.37. The summed E-state index contributed by atoms with van der Waals surface area (Å²) in [5.74, 6) is 1.41. The van der Waals surface area contributed by atoms with Gasteiger partial charge in [0, 0.05) is 37.9 Å². The smallest absolute Gasteiger partial charge is 0.332 e. The second-order valence-corrected chi connectivity index (χ2v) is 7.94. The first-order valence-corrected chi connectivity index (χ1v) is 10.2. The first-order valence-electron chi connectivity index (χ1n) is 9.85. The zero-order valence-electron chi connectivity index (χ0n) is 17.1. The Bertz CT molecular complexity index is 1400.